The summed E-state index contributed by atoms with van der Waals surface area (Å²) in [4.78, 5) is 0.579. The van der Waals surface area contributed by atoms with Gasteiger partial charge in [0.05, 0.1) is 12.1 Å². The van der Waals surface area contributed by atoms with E-state index in [0.29, 0.717) is 10.9 Å². The number of thiocarbonyl (C=S) groups is 1. The van der Waals surface area contributed by atoms with E-state index in [1.807, 2.05) is 6.07 Å². The Morgan fingerprint density at radius 1 is 1.22 bits per heavy atom. The molecule has 1 aromatic heterocycles. The number of benzene rings is 2. The quantitative estimate of drug-likeness (QED) is 0.458. The van der Waals surface area contributed by atoms with Crippen molar-refractivity contribution in [1.29, 1.82) is 0 Å². The minimum Gasteiger partial charge on any atom is -0.497 e. The van der Waals surface area contributed by atoms with Gasteiger partial charge in [-0.25, -0.2) is 0 Å². The first-order valence-electron chi connectivity index (χ1n) is 9.10. The van der Waals surface area contributed by atoms with E-state index in [-0.39, 0.29) is 0 Å². The molecule has 2 N–H and O–H groups in total. The van der Waals surface area contributed by atoms with Gasteiger partial charge < -0.3 is 15.0 Å². The molecule has 0 aliphatic rings. The monoisotopic (exact) mass is 444 g/mol. The van der Waals surface area contributed by atoms with Crippen molar-refractivity contribution >= 4 is 44.0 Å². The fourth-order valence-corrected chi connectivity index (χ4v) is 4.10. The maximum Gasteiger partial charge on any atom is 0.119 e. The average molecular weight is 445 g/mol. The van der Waals surface area contributed by atoms with Gasteiger partial charge in [-0.2, -0.15) is 0 Å². The Morgan fingerprint density at radius 3 is 2.56 bits per heavy atom. The van der Waals surface area contributed by atoms with E-state index >= 15 is 0 Å². The summed E-state index contributed by atoms with van der Waals surface area (Å²) in [5.74, 6) is 1.25. The second-order valence-corrected chi connectivity index (χ2v) is 8.44. The standard InChI is InChI=1S/C22H25BrN2OS/c1-14(4-11-21(24)27)22-15(2)25(13-16-5-7-17(23)8-6-16)20-10-9-18(26-3)12-19(20)22/h5-10,12,14H,4,11,13H2,1-3H3,(H2,24,27). The van der Waals surface area contributed by atoms with Crippen LogP contribution in [0.25, 0.3) is 10.9 Å². The molecular formula is C22H25BrN2OS. The van der Waals surface area contributed by atoms with Crippen molar-refractivity contribution in [3.8, 4) is 5.75 Å². The lowest BCUT2D eigenvalue weighted by Gasteiger charge is -2.13. The topological polar surface area (TPSA) is 40.2 Å². The molecule has 3 aromatic rings. The fraction of sp³-hybridized carbons (Fsp3) is 0.318. The van der Waals surface area contributed by atoms with Gasteiger partial charge in [0.25, 0.3) is 0 Å². The molecule has 0 bridgehead atoms. The van der Waals surface area contributed by atoms with Gasteiger partial charge in [-0.05, 0) is 67.1 Å². The summed E-state index contributed by atoms with van der Waals surface area (Å²) < 4.78 is 8.97. The van der Waals surface area contributed by atoms with Crippen LogP contribution in [0.4, 0.5) is 0 Å². The molecule has 3 rings (SSSR count). The first-order valence-corrected chi connectivity index (χ1v) is 10.3. The predicted octanol–water partition coefficient (Wildman–Crippen LogP) is 5.94. The lowest BCUT2D eigenvalue weighted by Crippen LogP contribution is -2.09. The van der Waals surface area contributed by atoms with E-state index in [2.05, 4.69) is 70.7 Å². The Morgan fingerprint density at radius 2 is 1.93 bits per heavy atom. The van der Waals surface area contributed by atoms with E-state index in [0.717, 1.165) is 29.6 Å². The van der Waals surface area contributed by atoms with Crippen molar-refractivity contribution in [3.05, 3.63) is 63.8 Å². The van der Waals surface area contributed by atoms with Gasteiger partial charge >= 0.3 is 0 Å². The van der Waals surface area contributed by atoms with Crippen molar-refractivity contribution in [3.63, 3.8) is 0 Å². The summed E-state index contributed by atoms with van der Waals surface area (Å²) in [6.45, 7) is 5.30. The Labute approximate surface area is 174 Å². The minimum absolute atomic E-state index is 0.368. The van der Waals surface area contributed by atoms with Gasteiger partial charge in [-0.15, -0.1) is 0 Å². The van der Waals surface area contributed by atoms with Crippen LogP contribution in [-0.2, 0) is 6.54 Å². The van der Waals surface area contributed by atoms with Crippen LogP contribution in [0, 0.1) is 6.92 Å². The molecule has 0 saturated carbocycles. The number of halogens is 1. The zero-order chi connectivity index (χ0) is 19.6. The first-order chi connectivity index (χ1) is 12.9. The highest BCUT2D eigenvalue weighted by molar-refractivity contribution is 9.10. The summed E-state index contributed by atoms with van der Waals surface area (Å²) in [5.41, 5.74) is 10.9. The van der Waals surface area contributed by atoms with Gasteiger partial charge in [-0.1, -0.05) is 47.2 Å². The second kappa shape index (κ2) is 8.44. The van der Waals surface area contributed by atoms with E-state index < -0.39 is 0 Å². The van der Waals surface area contributed by atoms with Gasteiger partial charge in [0.15, 0.2) is 0 Å². The molecule has 0 saturated heterocycles. The molecule has 0 amide bonds. The highest BCUT2D eigenvalue weighted by Gasteiger charge is 2.20. The maximum absolute atomic E-state index is 5.74. The normalized spacial score (nSPS) is 12.3. The van der Waals surface area contributed by atoms with E-state index in [9.17, 15) is 0 Å². The Balaban J connectivity index is 2.08. The van der Waals surface area contributed by atoms with Crippen LogP contribution in [0.15, 0.2) is 46.9 Å². The largest absolute Gasteiger partial charge is 0.497 e. The van der Waals surface area contributed by atoms with E-state index in [1.165, 1.54) is 27.7 Å². The molecule has 2 aromatic carbocycles. The molecule has 27 heavy (non-hydrogen) atoms. The molecule has 3 nitrogen and oxygen atoms in total. The Kier molecular flexibility index (Phi) is 6.22. The summed E-state index contributed by atoms with van der Waals surface area (Å²) in [6.07, 6.45) is 1.71. The highest BCUT2D eigenvalue weighted by Crippen LogP contribution is 2.36. The maximum atomic E-state index is 5.74. The molecule has 0 spiro atoms. The summed E-state index contributed by atoms with van der Waals surface area (Å²) in [5, 5.41) is 1.25. The molecule has 1 heterocycles. The molecule has 1 unspecified atom stereocenters. The fourth-order valence-electron chi connectivity index (χ4n) is 3.72. The molecule has 0 fully saturated rings. The molecular weight excluding hydrogens is 420 g/mol. The number of nitrogens with zero attached hydrogens (tertiary/aromatic N) is 1. The van der Waals surface area contributed by atoms with Gasteiger partial charge in [-0.3, -0.25) is 0 Å². The summed E-state index contributed by atoms with van der Waals surface area (Å²) in [6, 6.07) is 14.8. The number of nitrogens with two attached hydrogens (primary N) is 1. The van der Waals surface area contributed by atoms with Gasteiger partial charge in [0.2, 0.25) is 0 Å². The summed E-state index contributed by atoms with van der Waals surface area (Å²) in [7, 11) is 1.71. The van der Waals surface area contributed by atoms with Crippen LogP contribution < -0.4 is 10.5 Å². The van der Waals surface area contributed by atoms with Crippen LogP contribution in [-0.4, -0.2) is 16.7 Å². The van der Waals surface area contributed by atoms with E-state index in [4.69, 9.17) is 22.7 Å². The van der Waals surface area contributed by atoms with Crippen molar-refractivity contribution in [2.45, 2.75) is 39.2 Å². The molecule has 0 aliphatic heterocycles. The van der Waals surface area contributed by atoms with Crippen molar-refractivity contribution < 1.29 is 4.74 Å². The zero-order valence-electron chi connectivity index (χ0n) is 16.0. The molecule has 0 aliphatic carbocycles. The van der Waals surface area contributed by atoms with Crippen LogP contribution >= 0.6 is 28.1 Å². The number of aromatic nitrogens is 1. The van der Waals surface area contributed by atoms with Gasteiger partial charge in [0, 0.05) is 27.6 Å². The zero-order valence-corrected chi connectivity index (χ0v) is 18.4. The van der Waals surface area contributed by atoms with Crippen LogP contribution in [0.1, 0.15) is 42.5 Å². The number of rotatable bonds is 7. The SMILES string of the molecule is COc1ccc2c(c1)c(C(C)CCC(N)=S)c(C)n2Cc1ccc(Br)cc1. The average Bonchev–Trinajstić information content (AvgIpc) is 2.92. The number of ether oxygens (including phenoxy) is 1. The number of hydrogen-bond donors (Lipinski definition) is 1. The molecule has 0 radical (unpaired) electrons. The summed E-state index contributed by atoms with van der Waals surface area (Å²) >= 11 is 8.59. The highest BCUT2D eigenvalue weighted by atomic mass is 79.9. The Hall–Kier alpha value is -1.85. The van der Waals surface area contributed by atoms with Crippen molar-refractivity contribution in [1.82, 2.24) is 4.57 Å². The lowest BCUT2D eigenvalue weighted by molar-refractivity contribution is 0.415. The third-order valence-electron chi connectivity index (χ3n) is 5.15. The molecule has 5 heteroatoms. The number of hydrogen-bond acceptors (Lipinski definition) is 2. The third kappa shape index (κ3) is 4.36. The van der Waals surface area contributed by atoms with Crippen LogP contribution in [0.2, 0.25) is 0 Å². The van der Waals surface area contributed by atoms with Gasteiger partial charge in [0.1, 0.15) is 5.75 Å². The molecule has 1 atom stereocenters. The third-order valence-corrected chi connectivity index (χ3v) is 5.88. The minimum atomic E-state index is 0.368. The van der Waals surface area contributed by atoms with Crippen LogP contribution in [0.3, 0.4) is 0 Å². The Bertz CT molecular complexity index is 963. The first kappa shape index (κ1) is 19.9. The number of methoxy groups -OCH3 is 1. The number of fused-ring (bicyclic) bond motifs is 1. The second-order valence-electron chi connectivity index (χ2n) is 7.00. The predicted molar refractivity (Wildman–Crippen MR) is 121 cm³/mol. The molecule has 142 valence electrons. The smallest absolute Gasteiger partial charge is 0.119 e. The van der Waals surface area contributed by atoms with Crippen molar-refractivity contribution in [2.75, 3.05) is 7.11 Å². The van der Waals surface area contributed by atoms with Crippen molar-refractivity contribution in [2.24, 2.45) is 5.73 Å². The van der Waals surface area contributed by atoms with Crippen LogP contribution in [0.5, 0.6) is 5.75 Å². The lowest BCUT2D eigenvalue weighted by atomic mass is 9.93. The van der Waals surface area contributed by atoms with E-state index in [1.54, 1.807) is 7.11 Å².